The standard InChI is InChI=1S/C10H9ClN4O2S/c1-6-12-4-8(18-6)5-13-10-3-7(15(16)17)2-9(11)14-10/h2-4H,5H2,1H3,(H,13,14). The third-order valence-electron chi connectivity index (χ3n) is 2.10. The zero-order valence-electron chi connectivity index (χ0n) is 9.38. The van der Waals surface area contributed by atoms with Gasteiger partial charge in [-0.15, -0.1) is 11.3 Å². The van der Waals surface area contributed by atoms with Crippen LogP contribution in [0.3, 0.4) is 0 Å². The number of aryl methyl sites for hydroxylation is 1. The van der Waals surface area contributed by atoms with Crippen molar-refractivity contribution in [2.45, 2.75) is 13.5 Å². The Kier molecular flexibility index (Phi) is 3.73. The zero-order valence-corrected chi connectivity index (χ0v) is 11.0. The highest BCUT2D eigenvalue weighted by Crippen LogP contribution is 2.21. The third kappa shape index (κ3) is 3.14. The van der Waals surface area contributed by atoms with Gasteiger partial charge in [-0.2, -0.15) is 0 Å². The Morgan fingerprint density at radius 3 is 2.94 bits per heavy atom. The highest BCUT2D eigenvalue weighted by molar-refractivity contribution is 7.11. The number of nitrogens with zero attached hydrogens (tertiary/aromatic N) is 3. The number of halogens is 1. The molecule has 0 radical (unpaired) electrons. The van der Waals surface area contributed by atoms with Crippen molar-refractivity contribution >= 4 is 34.4 Å². The minimum atomic E-state index is -0.504. The van der Waals surface area contributed by atoms with E-state index in [-0.39, 0.29) is 10.8 Å². The van der Waals surface area contributed by atoms with E-state index in [9.17, 15) is 10.1 Å². The normalized spacial score (nSPS) is 10.3. The molecule has 0 aliphatic rings. The second-order valence-corrected chi connectivity index (χ2v) is 5.20. The Morgan fingerprint density at radius 2 is 2.33 bits per heavy atom. The number of hydrogen-bond donors (Lipinski definition) is 1. The fourth-order valence-corrected chi connectivity index (χ4v) is 2.28. The molecule has 18 heavy (non-hydrogen) atoms. The van der Waals surface area contributed by atoms with E-state index in [1.807, 2.05) is 6.92 Å². The van der Waals surface area contributed by atoms with Gasteiger partial charge in [0.15, 0.2) is 0 Å². The van der Waals surface area contributed by atoms with Crippen LogP contribution >= 0.6 is 22.9 Å². The van der Waals surface area contributed by atoms with Crippen molar-refractivity contribution in [1.29, 1.82) is 0 Å². The van der Waals surface area contributed by atoms with E-state index in [1.54, 1.807) is 17.5 Å². The molecule has 8 heteroatoms. The second-order valence-electron chi connectivity index (χ2n) is 3.49. The average molecular weight is 285 g/mol. The van der Waals surface area contributed by atoms with E-state index in [1.165, 1.54) is 12.1 Å². The Balaban J connectivity index is 2.11. The molecule has 2 aromatic rings. The Hall–Kier alpha value is -1.73. The highest BCUT2D eigenvalue weighted by atomic mass is 35.5. The molecule has 6 nitrogen and oxygen atoms in total. The number of hydrogen-bond acceptors (Lipinski definition) is 6. The van der Waals surface area contributed by atoms with Crippen molar-refractivity contribution in [1.82, 2.24) is 9.97 Å². The molecule has 1 N–H and O–H groups in total. The molecular formula is C10H9ClN4O2S. The predicted molar refractivity (Wildman–Crippen MR) is 70.1 cm³/mol. The minimum Gasteiger partial charge on any atom is -0.365 e. The van der Waals surface area contributed by atoms with E-state index >= 15 is 0 Å². The summed E-state index contributed by atoms with van der Waals surface area (Å²) in [6.45, 7) is 2.42. The smallest absolute Gasteiger partial charge is 0.276 e. The van der Waals surface area contributed by atoms with Crippen molar-refractivity contribution < 1.29 is 4.92 Å². The Labute approximate surface area is 112 Å². The van der Waals surface area contributed by atoms with Crippen LogP contribution in [0.2, 0.25) is 5.15 Å². The van der Waals surface area contributed by atoms with Gasteiger partial charge in [-0.3, -0.25) is 10.1 Å². The lowest BCUT2D eigenvalue weighted by Gasteiger charge is -2.03. The van der Waals surface area contributed by atoms with E-state index in [4.69, 9.17) is 11.6 Å². The molecule has 0 saturated carbocycles. The molecule has 0 bridgehead atoms. The summed E-state index contributed by atoms with van der Waals surface area (Å²) in [4.78, 5) is 19.3. The highest BCUT2D eigenvalue weighted by Gasteiger charge is 2.10. The molecule has 0 atom stereocenters. The van der Waals surface area contributed by atoms with Crippen molar-refractivity contribution in [3.8, 4) is 0 Å². The average Bonchev–Trinajstić information content (AvgIpc) is 2.72. The van der Waals surface area contributed by atoms with Crippen molar-refractivity contribution in [3.05, 3.63) is 43.5 Å². The zero-order chi connectivity index (χ0) is 13.1. The van der Waals surface area contributed by atoms with Gasteiger partial charge in [-0.25, -0.2) is 9.97 Å². The maximum Gasteiger partial charge on any atom is 0.276 e. The summed E-state index contributed by atoms with van der Waals surface area (Å²) in [7, 11) is 0. The summed E-state index contributed by atoms with van der Waals surface area (Å²) in [6, 6.07) is 2.56. The van der Waals surface area contributed by atoms with Gasteiger partial charge in [-0.1, -0.05) is 11.6 Å². The van der Waals surface area contributed by atoms with Crippen LogP contribution < -0.4 is 5.32 Å². The number of nitrogens with one attached hydrogen (secondary N) is 1. The lowest BCUT2D eigenvalue weighted by Crippen LogP contribution is -2.01. The molecule has 2 heterocycles. The SMILES string of the molecule is Cc1ncc(CNc2cc([N+](=O)[O-])cc(Cl)n2)s1. The molecule has 0 aromatic carbocycles. The number of aromatic nitrogens is 2. The maximum absolute atomic E-state index is 10.7. The van der Waals surface area contributed by atoms with Gasteiger partial charge in [0.1, 0.15) is 11.0 Å². The van der Waals surface area contributed by atoms with Gasteiger partial charge in [0.2, 0.25) is 0 Å². The molecular weight excluding hydrogens is 276 g/mol. The lowest BCUT2D eigenvalue weighted by molar-refractivity contribution is -0.384. The van der Waals surface area contributed by atoms with Gasteiger partial charge in [0, 0.05) is 11.1 Å². The van der Waals surface area contributed by atoms with Crippen LogP contribution in [-0.4, -0.2) is 14.9 Å². The Morgan fingerprint density at radius 1 is 1.56 bits per heavy atom. The molecule has 0 amide bonds. The van der Waals surface area contributed by atoms with Crippen LogP contribution in [0.15, 0.2) is 18.3 Å². The molecule has 0 unspecified atom stereocenters. The topological polar surface area (TPSA) is 81.0 Å². The summed E-state index contributed by atoms with van der Waals surface area (Å²) in [5.74, 6) is 0.375. The van der Waals surface area contributed by atoms with Gasteiger partial charge in [0.05, 0.1) is 28.6 Å². The molecule has 0 aliphatic carbocycles. The van der Waals surface area contributed by atoms with Crippen molar-refractivity contribution in [2.75, 3.05) is 5.32 Å². The van der Waals surface area contributed by atoms with Crippen LogP contribution in [0, 0.1) is 17.0 Å². The van der Waals surface area contributed by atoms with Crippen molar-refractivity contribution in [2.24, 2.45) is 0 Å². The van der Waals surface area contributed by atoms with Crippen LogP contribution in [0.25, 0.3) is 0 Å². The lowest BCUT2D eigenvalue weighted by atomic mass is 10.4. The monoisotopic (exact) mass is 284 g/mol. The summed E-state index contributed by atoms with van der Waals surface area (Å²) >= 11 is 7.27. The molecule has 0 fully saturated rings. The van der Waals surface area contributed by atoms with E-state index in [0.717, 1.165) is 9.88 Å². The number of thiazole rings is 1. The van der Waals surface area contributed by atoms with Gasteiger partial charge >= 0.3 is 0 Å². The molecule has 0 spiro atoms. The molecule has 2 aromatic heterocycles. The Bertz CT molecular complexity index is 587. The second kappa shape index (κ2) is 5.28. The van der Waals surface area contributed by atoms with Crippen LogP contribution in [0.4, 0.5) is 11.5 Å². The first kappa shape index (κ1) is 12.7. The quantitative estimate of drug-likeness (QED) is 0.530. The first-order valence-corrected chi connectivity index (χ1v) is 6.21. The number of pyridine rings is 1. The molecule has 0 aliphatic heterocycles. The largest absolute Gasteiger partial charge is 0.365 e. The molecule has 0 saturated heterocycles. The first-order valence-electron chi connectivity index (χ1n) is 5.02. The first-order chi connectivity index (χ1) is 8.54. The van der Waals surface area contributed by atoms with E-state index in [0.29, 0.717) is 12.4 Å². The van der Waals surface area contributed by atoms with Crippen LogP contribution in [0.5, 0.6) is 0 Å². The molecule has 94 valence electrons. The fraction of sp³-hybridized carbons (Fsp3) is 0.200. The third-order valence-corrected chi connectivity index (χ3v) is 3.21. The summed E-state index contributed by atoms with van der Waals surface area (Å²) in [5, 5.41) is 14.7. The summed E-state index contributed by atoms with van der Waals surface area (Å²) in [6.07, 6.45) is 1.76. The number of nitro groups is 1. The van der Waals surface area contributed by atoms with Gasteiger partial charge in [0.25, 0.3) is 5.69 Å². The number of anilines is 1. The maximum atomic E-state index is 10.7. The van der Waals surface area contributed by atoms with Gasteiger partial charge in [-0.05, 0) is 6.92 Å². The summed E-state index contributed by atoms with van der Waals surface area (Å²) in [5.41, 5.74) is -0.0852. The minimum absolute atomic E-state index is 0.0852. The number of rotatable bonds is 4. The molecule has 2 rings (SSSR count). The van der Waals surface area contributed by atoms with E-state index < -0.39 is 4.92 Å². The van der Waals surface area contributed by atoms with Crippen molar-refractivity contribution in [3.63, 3.8) is 0 Å². The van der Waals surface area contributed by atoms with Crippen LogP contribution in [-0.2, 0) is 6.54 Å². The predicted octanol–water partition coefficient (Wildman–Crippen LogP) is 3.02. The van der Waals surface area contributed by atoms with E-state index in [2.05, 4.69) is 15.3 Å². The van der Waals surface area contributed by atoms with Crippen LogP contribution in [0.1, 0.15) is 9.88 Å². The van der Waals surface area contributed by atoms with Gasteiger partial charge < -0.3 is 5.32 Å². The summed E-state index contributed by atoms with van der Waals surface area (Å²) < 4.78 is 0. The fourth-order valence-electron chi connectivity index (χ4n) is 1.34.